The monoisotopic (exact) mass is 329 g/mol. The van der Waals surface area contributed by atoms with Crippen molar-refractivity contribution in [2.24, 2.45) is 5.92 Å². The third kappa shape index (κ3) is 3.22. The van der Waals surface area contributed by atoms with Crippen LogP contribution in [0, 0.1) is 5.92 Å². The average molecular weight is 329 g/mol. The summed E-state index contributed by atoms with van der Waals surface area (Å²) in [5, 5.41) is 7.94. The number of nitrogens with one attached hydrogen (secondary N) is 1. The number of nitrogens with zero attached hydrogens (tertiary/aromatic N) is 4. The average Bonchev–Trinajstić information content (AvgIpc) is 2.98. The first-order valence-electron chi connectivity index (χ1n) is 7.68. The molecule has 0 aliphatic heterocycles. The maximum absolute atomic E-state index is 12.2. The highest BCUT2D eigenvalue weighted by Gasteiger charge is 2.14. The molecule has 126 valence electrons. The second kappa shape index (κ2) is 6.69. The molecule has 0 aliphatic carbocycles. The molecule has 0 fully saturated rings. The van der Waals surface area contributed by atoms with Crippen LogP contribution in [0.4, 0.5) is 0 Å². The number of methoxy groups -OCH3 is 1. The van der Waals surface area contributed by atoms with Gasteiger partial charge in [0.25, 0.3) is 5.56 Å². The van der Waals surface area contributed by atoms with Crippen LogP contribution in [0.3, 0.4) is 0 Å². The van der Waals surface area contributed by atoms with E-state index in [0.717, 1.165) is 11.0 Å². The summed E-state index contributed by atoms with van der Waals surface area (Å²) in [5.41, 5.74) is 2.14. The maximum atomic E-state index is 12.2. The standard InChI is InChI=1S/C16H19N5O3/c1-10(2)8-12-15(22)17-13(16(18-12)23-3)9-24-21-14-7-5-4-6-11(14)19-20-21/h4-7,10H,8-9H2,1-3H3,(H,17,22). The summed E-state index contributed by atoms with van der Waals surface area (Å²) in [6, 6.07) is 7.43. The molecule has 8 nitrogen and oxygen atoms in total. The minimum absolute atomic E-state index is 0.0563. The van der Waals surface area contributed by atoms with Crippen LogP contribution in [0.25, 0.3) is 11.0 Å². The topological polar surface area (TPSA) is 94.9 Å². The van der Waals surface area contributed by atoms with Gasteiger partial charge in [-0.05, 0) is 29.7 Å². The number of fused-ring (bicyclic) bond motifs is 1. The van der Waals surface area contributed by atoms with E-state index in [9.17, 15) is 4.79 Å². The van der Waals surface area contributed by atoms with Crippen molar-refractivity contribution in [2.45, 2.75) is 26.9 Å². The number of benzene rings is 1. The van der Waals surface area contributed by atoms with Crippen molar-refractivity contribution in [2.75, 3.05) is 7.11 Å². The van der Waals surface area contributed by atoms with Crippen LogP contribution in [0.2, 0.25) is 0 Å². The largest absolute Gasteiger partial charge is 0.480 e. The van der Waals surface area contributed by atoms with Crippen LogP contribution in [0.5, 0.6) is 5.88 Å². The Morgan fingerprint density at radius 1 is 1.29 bits per heavy atom. The maximum Gasteiger partial charge on any atom is 0.270 e. The second-order valence-electron chi connectivity index (χ2n) is 5.82. The van der Waals surface area contributed by atoms with Gasteiger partial charge in [-0.25, -0.2) is 4.98 Å². The molecule has 0 amide bonds. The van der Waals surface area contributed by atoms with Gasteiger partial charge in [-0.2, -0.15) is 0 Å². The minimum Gasteiger partial charge on any atom is -0.480 e. The fourth-order valence-electron chi connectivity index (χ4n) is 2.36. The molecule has 3 aromatic rings. The molecule has 0 spiro atoms. The van der Waals surface area contributed by atoms with Crippen LogP contribution < -0.4 is 15.1 Å². The van der Waals surface area contributed by atoms with Gasteiger partial charge in [0.15, 0.2) is 6.61 Å². The lowest BCUT2D eigenvalue weighted by Gasteiger charge is -2.11. The van der Waals surface area contributed by atoms with Gasteiger partial charge in [0.2, 0.25) is 5.88 Å². The Balaban J connectivity index is 1.84. The highest BCUT2D eigenvalue weighted by atomic mass is 16.7. The summed E-state index contributed by atoms with van der Waals surface area (Å²) < 4.78 is 5.27. The first-order chi connectivity index (χ1) is 11.6. The number of hydrogen-bond donors (Lipinski definition) is 1. The Kier molecular flexibility index (Phi) is 4.45. The molecule has 0 saturated carbocycles. The third-order valence-electron chi connectivity index (χ3n) is 3.47. The summed E-state index contributed by atoms with van der Waals surface area (Å²) in [7, 11) is 1.51. The molecule has 0 aliphatic rings. The van der Waals surface area contributed by atoms with Gasteiger partial charge in [0.1, 0.15) is 22.4 Å². The van der Waals surface area contributed by atoms with E-state index >= 15 is 0 Å². The second-order valence-corrected chi connectivity index (χ2v) is 5.82. The lowest BCUT2D eigenvalue weighted by molar-refractivity contribution is 0.0712. The Hall–Kier alpha value is -2.90. The van der Waals surface area contributed by atoms with Crippen LogP contribution >= 0.6 is 0 Å². The summed E-state index contributed by atoms with van der Waals surface area (Å²) in [4.78, 5) is 26.2. The van der Waals surface area contributed by atoms with Gasteiger partial charge in [-0.3, -0.25) is 4.79 Å². The molecule has 2 heterocycles. The first kappa shape index (κ1) is 16.0. The van der Waals surface area contributed by atoms with E-state index in [0.29, 0.717) is 29.6 Å². The van der Waals surface area contributed by atoms with Gasteiger partial charge < -0.3 is 14.6 Å². The summed E-state index contributed by atoms with van der Waals surface area (Å²) in [5.74, 6) is 0.668. The van der Waals surface area contributed by atoms with Crippen molar-refractivity contribution in [3.63, 3.8) is 0 Å². The van der Waals surface area contributed by atoms with Gasteiger partial charge in [-0.15, -0.1) is 5.10 Å². The lowest BCUT2D eigenvalue weighted by atomic mass is 10.1. The fraction of sp³-hybridized carbons (Fsp3) is 0.375. The molecule has 0 saturated heterocycles. The van der Waals surface area contributed by atoms with Crippen LogP contribution in [-0.2, 0) is 13.0 Å². The SMILES string of the molecule is COc1nc(CC(C)C)c(=O)[nH]c1COn1nnc2ccccc21. The van der Waals surface area contributed by atoms with Gasteiger partial charge in [-0.1, -0.05) is 30.8 Å². The zero-order valence-corrected chi connectivity index (χ0v) is 13.8. The normalized spacial score (nSPS) is 11.2. The molecular formula is C16H19N5O3. The summed E-state index contributed by atoms with van der Waals surface area (Å²) in [6.07, 6.45) is 0.584. The van der Waals surface area contributed by atoms with Crippen molar-refractivity contribution >= 4 is 11.0 Å². The Bertz CT molecular complexity index is 900. The Labute approximate surface area is 138 Å². The number of ether oxygens (including phenoxy) is 1. The molecule has 8 heteroatoms. The van der Waals surface area contributed by atoms with Crippen LogP contribution in [0.15, 0.2) is 29.1 Å². The van der Waals surface area contributed by atoms with E-state index in [-0.39, 0.29) is 12.2 Å². The predicted molar refractivity (Wildman–Crippen MR) is 87.8 cm³/mol. The van der Waals surface area contributed by atoms with Crippen molar-refractivity contribution in [1.82, 2.24) is 25.1 Å². The van der Waals surface area contributed by atoms with E-state index in [4.69, 9.17) is 9.57 Å². The molecule has 2 aromatic heterocycles. The molecule has 0 bridgehead atoms. The zero-order valence-electron chi connectivity index (χ0n) is 13.8. The molecule has 24 heavy (non-hydrogen) atoms. The molecule has 0 atom stereocenters. The lowest BCUT2D eigenvalue weighted by Crippen LogP contribution is -2.22. The molecule has 0 unspecified atom stereocenters. The van der Waals surface area contributed by atoms with E-state index in [1.165, 1.54) is 12.0 Å². The molecule has 0 radical (unpaired) electrons. The van der Waals surface area contributed by atoms with Gasteiger partial charge >= 0.3 is 0 Å². The number of hydrogen-bond acceptors (Lipinski definition) is 6. The number of rotatable bonds is 6. The fourth-order valence-corrected chi connectivity index (χ4v) is 2.36. The van der Waals surface area contributed by atoms with Crippen molar-refractivity contribution in [1.29, 1.82) is 0 Å². The van der Waals surface area contributed by atoms with Crippen LogP contribution in [0.1, 0.15) is 25.2 Å². The Morgan fingerprint density at radius 3 is 2.83 bits per heavy atom. The van der Waals surface area contributed by atoms with E-state index in [2.05, 4.69) is 20.3 Å². The molecule has 3 rings (SSSR count). The van der Waals surface area contributed by atoms with Crippen molar-refractivity contribution in [3.8, 4) is 5.88 Å². The van der Waals surface area contributed by atoms with E-state index in [1.807, 2.05) is 38.1 Å². The minimum atomic E-state index is -0.230. The zero-order chi connectivity index (χ0) is 17.1. The Morgan fingerprint density at radius 2 is 2.08 bits per heavy atom. The number of para-hydroxylation sites is 1. The molecule has 1 N–H and O–H groups in total. The quantitative estimate of drug-likeness (QED) is 0.733. The van der Waals surface area contributed by atoms with Crippen molar-refractivity contribution < 1.29 is 9.57 Å². The number of aromatic amines is 1. The molecular weight excluding hydrogens is 310 g/mol. The smallest absolute Gasteiger partial charge is 0.270 e. The number of aromatic nitrogens is 5. The number of H-pyrrole nitrogens is 1. The van der Waals surface area contributed by atoms with Gasteiger partial charge in [0, 0.05) is 0 Å². The van der Waals surface area contributed by atoms with E-state index in [1.54, 1.807) is 0 Å². The highest BCUT2D eigenvalue weighted by Crippen LogP contribution is 2.14. The molecule has 1 aromatic carbocycles. The summed E-state index contributed by atoms with van der Waals surface area (Å²) >= 11 is 0. The third-order valence-corrected chi connectivity index (χ3v) is 3.47. The van der Waals surface area contributed by atoms with Crippen molar-refractivity contribution in [3.05, 3.63) is 46.0 Å². The highest BCUT2D eigenvalue weighted by molar-refractivity contribution is 5.73. The first-order valence-corrected chi connectivity index (χ1v) is 7.68. The van der Waals surface area contributed by atoms with Crippen LogP contribution in [-0.4, -0.2) is 32.2 Å². The van der Waals surface area contributed by atoms with E-state index < -0.39 is 0 Å². The predicted octanol–water partition coefficient (Wildman–Crippen LogP) is 1.35. The van der Waals surface area contributed by atoms with Gasteiger partial charge in [0.05, 0.1) is 7.11 Å². The summed E-state index contributed by atoms with van der Waals surface area (Å²) in [6.45, 7) is 4.11.